The standard InChI is InChI=1S/C7H15N3O2/c1-9-7(12)6(8)4-2-10-3-5(4)11/h4-6,10-11H,2-3,8H2,1H3,(H,9,12)/t4-,5+,6-/m0/s1. The molecule has 1 aliphatic heterocycles. The summed E-state index contributed by atoms with van der Waals surface area (Å²) in [6.07, 6.45) is -0.503. The van der Waals surface area contributed by atoms with Crippen LogP contribution in [-0.2, 0) is 4.79 Å². The highest BCUT2D eigenvalue weighted by Gasteiger charge is 2.33. The molecule has 70 valence electrons. The number of hydrogen-bond acceptors (Lipinski definition) is 4. The van der Waals surface area contributed by atoms with Crippen molar-refractivity contribution in [1.29, 1.82) is 0 Å². The lowest BCUT2D eigenvalue weighted by atomic mass is 9.97. The molecule has 5 heteroatoms. The molecule has 12 heavy (non-hydrogen) atoms. The van der Waals surface area contributed by atoms with Gasteiger partial charge in [0.1, 0.15) is 0 Å². The van der Waals surface area contributed by atoms with E-state index in [9.17, 15) is 9.90 Å². The van der Waals surface area contributed by atoms with Crippen LogP contribution in [0.2, 0.25) is 0 Å². The van der Waals surface area contributed by atoms with Crippen molar-refractivity contribution in [1.82, 2.24) is 10.6 Å². The zero-order valence-electron chi connectivity index (χ0n) is 7.08. The predicted octanol–water partition coefficient (Wildman–Crippen LogP) is -2.36. The van der Waals surface area contributed by atoms with Gasteiger partial charge >= 0.3 is 0 Å². The number of aliphatic hydroxyl groups excluding tert-OH is 1. The van der Waals surface area contributed by atoms with Gasteiger partial charge in [0.25, 0.3) is 0 Å². The Hall–Kier alpha value is -0.650. The van der Waals surface area contributed by atoms with Crippen molar-refractivity contribution in [2.45, 2.75) is 12.1 Å². The summed E-state index contributed by atoms with van der Waals surface area (Å²) in [5.41, 5.74) is 5.61. The minimum Gasteiger partial charge on any atom is -0.391 e. The number of hydrogen-bond donors (Lipinski definition) is 4. The van der Waals surface area contributed by atoms with Crippen molar-refractivity contribution < 1.29 is 9.90 Å². The number of likely N-dealkylation sites (N-methyl/N-ethyl adjacent to an activating group) is 1. The molecular formula is C7H15N3O2. The van der Waals surface area contributed by atoms with E-state index in [1.807, 2.05) is 0 Å². The van der Waals surface area contributed by atoms with E-state index in [0.29, 0.717) is 13.1 Å². The molecule has 0 saturated carbocycles. The molecular weight excluding hydrogens is 158 g/mol. The van der Waals surface area contributed by atoms with Gasteiger partial charge in [-0.15, -0.1) is 0 Å². The molecule has 0 aromatic carbocycles. The van der Waals surface area contributed by atoms with Crippen LogP contribution in [0.15, 0.2) is 0 Å². The lowest BCUT2D eigenvalue weighted by Crippen LogP contribution is -2.48. The molecule has 0 unspecified atom stereocenters. The van der Waals surface area contributed by atoms with Gasteiger partial charge in [0.05, 0.1) is 12.1 Å². The molecule has 0 spiro atoms. The van der Waals surface area contributed by atoms with Crippen molar-refractivity contribution in [3.05, 3.63) is 0 Å². The highest BCUT2D eigenvalue weighted by molar-refractivity contribution is 5.81. The van der Waals surface area contributed by atoms with Gasteiger partial charge in [-0.2, -0.15) is 0 Å². The first-order valence-corrected chi connectivity index (χ1v) is 4.02. The van der Waals surface area contributed by atoms with Crippen LogP contribution in [0.4, 0.5) is 0 Å². The molecule has 3 atom stereocenters. The molecule has 0 aromatic heterocycles. The lowest BCUT2D eigenvalue weighted by molar-refractivity contribution is -0.123. The highest BCUT2D eigenvalue weighted by Crippen LogP contribution is 2.11. The van der Waals surface area contributed by atoms with Gasteiger partial charge in [0.2, 0.25) is 5.91 Å². The Morgan fingerprint density at radius 3 is 2.83 bits per heavy atom. The fraction of sp³-hybridized carbons (Fsp3) is 0.857. The summed E-state index contributed by atoms with van der Waals surface area (Å²) >= 11 is 0. The van der Waals surface area contributed by atoms with E-state index in [4.69, 9.17) is 5.73 Å². The van der Waals surface area contributed by atoms with Gasteiger partial charge in [-0.25, -0.2) is 0 Å². The van der Waals surface area contributed by atoms with Gasteiger partial charge in [-0.05, 0) is 0 Å². The Morgan fingerprint density at radius 2 is 2.42 bits per heavy atom. The Bertz CT molecular complexity index is 174. The van der Waals surface area contributed by atoms with Gasteiger partial charge in [-0.3, -0.25) is 4.79 Å². The Morgan fingerprint density at radius 1 is 1.75 bits per heavy atom. The summed E-state index contributed by atoms with van der Waals surface area (Å²) in [6.45, 7) is 1.13. The normalized spacial score (nSPS) is 31.6. The zero-order chi connectivity index (χ0) is 9.14. The zero-order valence-corrected chi connectivity index (χ0v) is 7.08. The molecule has 0 bridgehead atoms. The van der Waals surface area contributed by atoms with Crippen molar-refractivity contribution in [2.24, 2.45) is 11.7 Å². The fourth-order valence-corrected chi connectivity index (χ4v) is 1.41. The van der Waals surface area contributed by atoms with E-state index in [1.54, 1.807) is 0 Å². The lowest BCUT2D eigenvalue weighted by Gasteiger charge is -2.19. The average molecular weight is 173 g/mol. The maximum Gasteiger partial charge on any atom is 0.237 e. The molecule has 1 rings (SSSR count). The van der Waals surface area contributed by atoms with E-state index in [2.05, 4.69) is 10.6 Å². The molecule has 1 saturated heterocycles. The summed E-state index contributed by atoms with van der Waals surface area (Å²) in [4.78, 5) is 11.1. The van der Waals surface area contributed by atoms with Crippen LogP contribution in [0.3, 0.4) is 0 Å². The maximum atomic E-state index is 11.1. The summed E-state index contributed by atoms with van der Waals surface area (Å²) in [5.74, 6) is -0.382. The fourth-order valence-electron chi connectivity index (χ4n) is 1.41. The van der Waals surface area contributed by atoms with E-state index in [1.165, 1.54) is 7.05 Å². The van der Waals surface area contributed by atoms with Crippen LogP contribution in [0.5, 0.6) is 0 Å². The second-order valence-electron chi connectivity index (χ2n) is 3.03. The first-order valence-electron chi connectivity index (χ1n) is 4.02. The second kappa shape index (κ2) is 3.84. The van der Waals surface area contributed by atoms with Crippen LogP contribution in [0, 0.1) is 5.92 Å². The number of rotatable bonds is 2. The van der Waals surface area contributed by atoms with Crippen LogP contribution >= 0.6 is 0 Å². The van der Waals surface area contributed by atoms with Crippen LogP contribution < -0.4 is 16.4 Å². The molecule has 5 N–H and O–H groups in total. The van der Waals surface area contributed by atoms with Crippen LogP contribution in [0.1, 0.15) is 0 Å². The van der Waals surface area contributed by atoms with Gasteiger partial charge < -0.3 is 21.5 Å². The Kier molecular flexibility index (Phi) is 3.02. The molecule has 1 amide bonds. The largest absolute Gasteiger partial charge is 0.391 e. The topological polar surface area (TPSA) is 87.4 Å². The van der Waals surface area contributed by atoms with Crippen molar-refractivity contribution in [3.8, 4) is 0 Å². The highest BCUT2D eigenvalue weighted by atomic mass is 16.3. The number of amides is 1. The van der Waals surface area contributed by atoms with Gasteiger partial charge in [0.15, 0.2) is 0 Å². The summed E-state index contributed by atoms with van der Waals surface area (Å²) < 4.78 is 0. The van der Waals surface area contributed by atoms with Gasteiger partial charge in [-0.1, -0.05) is 0 Å². The van der Waals surface area contributed by atoms with Gasteiger partial charge in [0, 0.05) is 26.1 Å². The van der Waals surface area contributed by atoms with Crippen LogP contribution in [-0.4, -0.2) is 43.3 Å². The van der Waals surface area contributed by atoms with Crippen molar-refractivity contribution in [3.63, 3.8) is 0 Å². The Balaban J connectivity index is 2.51. The molecule has 1 heterocycles. The first-order chi connectivity index (χ1) is 5.66. The number of nitrogens with one attached hydrogen (secondary N) is 2. The summed E-state index contributed by atoms with van der Waals surface area (Å²) in [7, 11) is 1.54. The molecule has 1 aliphatic rings. The number of nitrogens with two attached hydrogens (primary N) is 1. The Labute approximate surface area is 71.3 Å². The summed E-state index contributed by atoms with van der Waals surface area (Å²) in [5, 5.41) is 14.8. The molecule has 0 aliphatic carbocycles. The quantitative estimate of drug-likeness (QED) is 0.376. The van der Waals surface area contributed by atoms with Crippen molar-refractivity contribution in [2.75, 3.05) is 20.1 Å². The molecule has 5 nitrogen and oxygen atoms in total. The predicted molar refractivity (Wildman–Crippen MR) is 44.4 cm³/mol. The first kappa shape index (κ1) is 9.44. The van der Waals surface area contributed by atoms with Crippen LogP contribution in [0.25, 0.3) is 0 Å². The smallest absolute Gasteiger partial charge is 0.237 e. The van der Waals surface area contributed by atoms with E-state index in [0.717, 1.165) is 0 Å². The minimum absolute atomic E-state index is 0.162. The number of β-amino-alcohol motifs (C(OH)–C–C–N with tert-alkyl or cyclic N) is 1. The third-order valence-electron chi connectivity index (χ3n) is 2.24. The molecule has 0 aromatic rings. The average Bonchev–Trinajstić information content (AvgIpc) is 2.48. The SMILES string of the molecule is CNC(=O)[C@@H](N)[C@H]1CNC[C@H]1O. The maximum absolute atomic E-state index is 11.1. The number of carbonyl (C=O) groups excluding carboxylic acids is 1. The molecule has 0 radical (unpaired) electrons. The second-order valence-corrected chi connectivity index (χ2v) is 3.03. The van der Waals surface area contributed by atoms with E-state index in [-0.39, 0.29) is 11.8 Å². The van der Waals surface area contributed by atoms with E-state index < -0.39 is 12.1 Å². The number of aliphatic hydroxyl groups is 1. The minimum atomic E-state index is -0.611. The third-order valence-corrected chi connectivity index (χ3v) is 2.24. The van der Waals surface area contributed by atoms with Crippen molar-refractivity contribution >= 4 is 5.91 Å². The number of carbonyl (C=O) groups is 1. The molecule has 1 fully saturated rings. The monoisotopic (exact) mass is 173 g/mol. The summed E-state index contributed by atoms with van der Waals surface area (Å²) in [6, 6.07) is -0.611. The van der Waals surface area contributed by atoms with E-state index >= 15 is 0 Å². The third kappa shape index (κ3) is 1.74.